The molecular weight excluding hydrogens is 380 g/mol. The van der Waals surface area contributed by atoms with Gasteiger partial charge in [-0.2, -0.15) is 4.98 Å². The summed E-state index contributed by atoms with van der Waals surface area (Å²) in [6.45, 7) is 0.922. The fraction of sp³-hybridized carbons (Fsp3) is 0.348. The lowest BCUT2D eigenvalue weighted by Gasteiger charge is -2.39. The second-order valence-electron chi connectivity index (χ2n) is 8.33. The Bertz CT molecular complexity index is 1150. The van der Waals surface area contributed by atoms with Crippen molar-refractivity contribution in [1.82, 2.24) is 20.4 Å². The molecule has 6 rings (SSSR count). The van der Waals surface area contributed by atoms with Crippen molar-refractivity contribution in [1.29, 1.82) is 0 Å². The highest BCUT2D eigenvalue weighted by Crippen LogP contribution is 2.45. The van der Waals surface area contributed by atoms with Gasteiger partial charge in [0, 0.05) is 29.5 Å². The fourth-order valence-corrected chi connectivity index (χ4v) is 5.10. The molecule has 0 saturated heterocycles. The fourth-order valence-electron chi connectivity index (χ4n) is 4.45. The molecule has 0 bridgehead atoms. The van der Waals surface area contributed by atoms with Crippen LogP contribution in [0, 0.1) is 0 Å². The third-order valence-corrected chi connectivity index (χ3v) is 7.32. The van der Waals surface area contributed by atoms with Crippen LogP contribution >= 0.6 is 11.3 Å². The minimum Gasteiger partial charge on any atom is -0.334 e. The Morgan fingerprint density at radius 3 is 2.86 bits per heavy atom. The first kappa shape index (κ1) is 17.3. The molecular formula is C23H22N4OS. The average Bonchev–Trinajstić information content (AvgIpc) is 3.11. The zero-order chi connectivity index (χ0) is 19.3. The molecule has 4 aromatic rings. The summed E-state index contributed by atoms with van der Waals surface area (Å²) in [5.74, 6) is 2.08. The van der Waals surface area contributed by atoms with E-state index in [0.29, 0.717) is 17.9 Å². The van der Waals surface area contributed by atoms with Gasteiger partial charge in [-0.25, -0.2) is 4.98 Å². The number of hydrogen-bond donors (Lipinski definition) is 1. The Labute approximate surface area is 173 Å². The highest BCUT2D eigenvalue weighted by atomic mass is 32.1. The molecule has 2 heterocycles. The molecule has 2 aliphatic rings. The highest BCUT2D eigenvalue weighted by molar-refractivity contribution is 7.16. The highest BCUT2D eigenvalue weighted by Gasteiger charge is 2.46. The Hall–Kier alpha value is -2.57. The van der Waals surface area contributed by atoms with Crippen molar-refractivity contribution in [2.75, 3.05) is 6.54 Å². The molecule has 29 heavy (non-hydrogen) atoms. The monoisotopic (exact) mass is 402 g/mol. The second kappa shape index (κ2) is 6.75. The Morgan fingerprint density at radius 1 is 1.14 bits per heavy atom. The van der Waals surface area contributed by atoms with Crippen molar-refractivity contribution in [3.8, 4) is 11.5 Å². The van der Waals surface area contributed by atoms with Crippen LogP contribution in [0.4, 0.5) is 0 Å². The zero-order valence-corrected chi connectivity index (χ0v) is 16.9. The molecule has 0 spiro atoms. The maximum Gasteiger partial charge on any atom is 0.258 e. The number of fused-ring (bicyclic) bond motifs is 1. The Kier molecular flexibility index (Phi) is 4.03. The van der Waals surface area contributed by atoms with Crippen molar-refractivity contribution in [2.45, 2.75) is 43.1 Å². The molecule has 2 aromatic carbocycles. The van der Waals surface area contributed by atoms with Gasteiger partial charge in [0.05, 0.1) is 15.7 Å². The Morgan fingerprint density at radius 2 is 2.03 bits per heavy atom. The lowest BCUT2D eigenvalue weighted by molar-refractivity contribution is 0.211. The van der Waals surface area contributed by atoms with Crippen molar-refractivity contribution in [2.24, 2.45) is 0 Å². The SMILES string of the molecule is c1ccc(C2C[C@@H]2NCC2(c3noc(-c4ccc5scnc5c4)n3)CCC2)cc1. The molecule has 2 saturated carbocycles. The lowest BCUT2D eigenvalue weighted by Crippen LogP contribution is -2.45. The van der Waals surface area contributed by atoms with Crippen LogP contribution in [-0.2, 0) is 5.41 Å². The van der Waals surface area contributed by atoms with E-state index in [1.54, 1.807) is 11.3 Å². The van der Waals surface area contributed by atoms with E-state index in [1.807, 2.05) is 17.6 Å². The summed E-state index contributed by atoms with van der Waals surface area (Å²) in [7, 11) is 0. The van der Waals surface area contributed by atoms with Crippen LogP contribution in [0.25, 0.3) is 21.7 Å². The van der Waals surface area contributed by atoms with Gasteiger partial charge in [-0.1, -0.05) is 41.9 Å². The summed E-state index contributed by atoms with van der Waals surface area (Å²) in [6, 6.07) is 17.5. The van der Waals surface area contributed by atoms with Gasteiger partial charge in [-0.05, 0) is 43.0 Å². The molecule has 146 valence electrons. The Balaban J connectivity index is 1.18. The van der Waals surface area contributed by atoms with Gasteiger partial charge in [-0.3, -0.25) is 0 Å². The predicted molar refractivity (Wildman–Crippen MR) is 114 cm³/mol. The smallest absolute Gasteiger partial charge is 0.258 e. The van der Waals surface area contributed by atoms with E-state index < -0.39 is 0 Å². The maximum atomic E-state index is 5.66. The summed E-state index contributed by atoms with van der Waals surface area (Å²) >= 11 is 1.64. The maximum absolute atomic E-state index is 5.66. The molecule has 2 fully saturated rings. The van der Waals surface area contributed by atoms with Gasteiger partial charge >= 0.3 is 0 Å². The predicted octanol–water partition coefficient (Wildman–Crippen LogP) is 4.91. The van der Waals surface area contributed by atoms with E-state index in [0.717, 1.165) is 36.3 Å². The normalized spacial score (nSPS) is 22.5. The lowest BCUT2D eigenvalue weighted by atomic mass is 9.68. The number of hydrogen-bond acceptors (Lipinski definition) is 6. The van der Waals surface area contributed by atoms with E-state index in [-0.39, 0.29) is 5.41 Å². The van der Waals surface area contributed by atoms with Crippen molar-refractivity contribution in [3.63, 3.8) is 0 Å². The number of thiazole rings is 1. The largest absolute Gasteiger partial charge is 0.334 e. The first-order chi connectivity index (χ1) is 14.3. The van der Waals surface area contributed by atoms with E-state index in [1.165, 1.54) is 23.1 Å². The van der Waals surface area contributed by atoms with E-state index in [2.05, 4.69) is 51.9 Å². The number of nitrogens with zero attached hydrogens (tertiary/aromatic N) is 3. The quantitative estimate of drug-likeness (QED) is 0.496. The molecule has 2 aliphatic carbocycles. The minimum atomic E-state index is 0.0102. The van der Waals surface area contributed by atoms with Gasteiger partial charge in [0.1, 0.15) is 0 Å². The summed E-state index contributed by atoms with van der Waals surface area (Å²) in [5.41, 5.74) is 5.23. The zero-order valence-electron chi connectivity index (χ0n) is 16.0. The van der Waals surface area contributed by atoms with Crippen LogP contribution in [0.15, 0.2) is 58.6 Å². The number of aromatic nitrogens is 3. The molecule has 5 nitrogen and oxygen atoms in total. The summed E-state index contributed by atoms with van der Waals surface area (Å²) in [6.07, 6.45) is 4.67. The summed E-state index contributed by atoms with van der Waals surface area (Å²) in [5, 5.41) is 8.17. The molecule has 1 unspecified atom stereocenters. The average molecular weight is 403 g/mol. The minimum absolute atomic E-state index is 0.0102. The first-order valence-electron chi connectivity index (χ1n) is 10.3. The van der Waals surface area contributed by atoms with Crippen LogP contribution in [-0.4, -0.2) is 27.7 Å². The van der Waals surface area contributed by atoms with Crippen LogP contribution in [0.5, 0.6) is 0 Å². The molecule has 0 amide bonds. The van der Waals surface area contributed by atoms with Crippen molar-refractivity contribution >= 4 is 21.6 Å². The first-order valence-corrected chi connectivity index (χ1v) is 11.1. The summed E-state index contributed by atoms with van der Waals surface area (Å²) < 4.78 is 6.83. The van der Waals surface area contributed by atoms with Crippen LogP contribution in [0.1, 0.15) is 43.0 Å². The molecule has 1 N–H and O–H groups in total. The van der Waals surface area contributed by atoms with E-state index in [9.17, 15) is 0 Å². The molecule has 0 aliphatic heterocycles. The number of rotatable bonds is 6. The topological polar surface area (TPSA) is 63.8 Å². The van der Waals surface area contributed by atoms with E-state index in [4.69, 9.17) is 9.51 Å². The van der Waals surface area contributed by atoms with Crippen LogP contribution in [0.2, 0.25) is 0 Å². The van der Waals surface area contributed by atoms with Crippen molar-refractivity contribution in [3.05, 3.63) is 65.4 Å². The third kappa shape index (κ3) is 3.07. The molecule has 6 heteroatoms. The number of benzene rings is 2. The van der Waals surface area contributed by atoms with Gasteiger partial charge in [0.15, 0.2) is 5.82 Å². The molecule has 2 atom stereocenters. The number of nitrogens with one attached hydrogen (secondary N) is 1. The molecule has 2 aromatic heterocycles. The summed E-state index contributed by atoms with van der Waals surface area (Å²) in [4.78, 5) is 9.19. The van der Waals surface area contributed by atoms with E-state index >= 15 is 0 Å². The second-order valence-corrected chi connectivity index (χ2v) is 9.22. The van der Waals surface area contributed by atoms with Crippen molar-refractivity contribution < 1.29 is 4.52 Å². The van der Waals surface area contributed by atoms with Crippen LogP contribution < -0.4 is 5.32 Å². The third-order valence-electron chi connectivity index (χ3n) is 6.51. The van der Waals surface area contributed by atoms with Gasteiger partial charge in [0.2, 0.25) is 0 Å². The van der Waals surface area contributed by atoms with Gasteiger partial charge in [-0.15, -0.1) is 11.3 Å². The van der Waals surface area contributed by atoms with Crippen LogP contribution in [0.3, 0.4) is 0 Å². The standard InChI is InChI=1S/C23H22N4OS/c1-2-5-15(6-3-1)17-12-18(17)24-13-23(9-4-10-23)22-26-21(28-27-22)16-7-8-20-19(11-16)25-14-29-20/h1-3,5-8,11,14,17-18,24H,4,9-10,12-13H2/t17?,18-/m0/s1. The van der Waals surface area contributed by atoms with Gasteiger partial charge in [0.25, 0.3) is 5.89 Å². The molecule has 0 radical (unpaired) electrons. The van der Waals surface area contributed by atoms with Gasteiger partial charge < -0.3 is 9.84 Å².